The second-order valence-electron chi connectivity index (χ2n) is 6.45. The molecule has 0 fully saturated rings. The van der Waals surface area contributed by atoms with Gasteiger partial charge in [0.05, 0.1) is 11.8 Å². The third-order valence-corrected chi connectivity index (χ3v) is 4.70. The molecule has 1 heterocycles. The Kier molecular flexibility index (Phi) is 4.16. The van der Waals surface area contributed by atoms with E-state index in [4.69, 9.17) is 0 Å². The molecule has 0 saturated heterocycles. The Hall–Kier alpha value is -3.53. The topological polar surface area (TPSA) is 56.9 Å². The smallest absolute Gasteiger partial charge is 0.237 e. The number of nitrogens with zero attached hydrogens (tertiary/aromatic N) is 2. The van der Waals surface area contributed by atoms with E-state index in [1.165, 1.54) is 18.5 Å². The second kappa shape index (κ2) is 6.65. The molecular weight excluding hydrogens is 336 g/mol. The van der Waals surface area contributed by atoms with Crippen LogP contribution in [0, 0.1) is 0 Å². The summed E-state index contributed by atoms with van der Waals surface area (Å²) in [6.45, 7) is 2.96. The number of hydrogen-bond donors (Lipinski definition) is 0. The number of ketones is 1. The highest BCUT2D eigenvalue weighted by molar-refractivity contribution is 6.17. The van der Waals surface area contributed by atoms with Gasteiger partial charge < -0.3 is 5.11 Å². The first-order chi connectivity index (χ1) is 13.1. The zero-order valence-electron chi connectivity index (χ0n) is 15.1. The molecule has 0 bridgehead atoms. The summed E-state index contributed by atoms with van der Waals surface area (Å²) in [5, 5.41) is 16.8. The van der Waals surface area contributed by atoms with Crippen molar-refractivity contribution in [3.05, 3.63) is 95.5 Å². The molecule has 0 unspecified atom stereocenters. The van der Waals surface area contributed by atoms with E-state index in [1.54, 1.807) is 24.5 Å². The lowest BCUT2D eigenvalue weighted by atomic mass is 9.93. The van der Waals surface area contributed by atoms with Crippen LogP contribution in [0.3, 0.4) is 0 Å². The minimum atomic E-state index is -0.210. The summed E-state index contributed by atoms with van der Waals surface area (Å²) in [7, 11) is 0. The molecule has 3 aromatic rings. The van der Waals surface area contributed by atoms with Crippen molar-refractivity contribution in [1.29, 1.82) is 0 Å². The van der Waals surface area contributed by atoms with E-state index in [0.717, 1.165) is 27.8 Å². The van der Waals surface area contributed by atoms with Gasteiger partial charge in [-0.05, 0) is 47.3 Å². The van der Waals surface area contributed by atoms with Crippen molar-refractivity contribution in [2.24, 2.45) is 0 Å². The Morgan fingerprint density at radius 1 is 0.852 bits per heavy atom. The van der Waals surface area contributed by atoms with Gasteiger partial charge in [0.25, 0.3) is 0 Å². The standard InChI is InChI=1S/C23H18N2O2/c1-15(26)21(23(16(2)27)25-14-8-7-13-24-25)22-19-11-5-3-9-17(19)18-10-4-6-12-20(18)22/h3-14H,1-2H3. The number of fused-ring (bicyclic) bond motifs is 3. The SMILES string of the molecule is CC(=O)C(=C1c2ccccc2-c2ccccc21)/C(=C(/C)[O-])[n+]1ccccn1. The molecular formula is C23H18N2O2. The average Bonchev–Trinajstić information content (AvgIpc) is 3.00. The molecule has 0 radical (unpaired) electrons. The number of rotatable bonds is 3. The van der Waals surface area contributed by atoms with Crippen molar-refractivity contribution in [2.75, 3.05) is 0 Å². The Labute approximate surface area is 157 Å². The van der Waals surface area contributed by atoms with Gasteiger partial charge in [-0.3, -0.25) is 4.79 Å². The van der Waals surface area contributed by atoms with Gasteiger partial charge in [0.2, 0.25) is 11.9 Å². The van der Waals surface area contributed by atoms with Crippen molar-refractivity contribution in [1.82, 2.24) is 5.10 Å². The highest BCUT2D eigenvalue weighted by Crippen LogP contribution is 2.46. The van der Waals surface area contributed by atoms with Gasteiger partial charge in [0.15, 0.2) is 5.78 Å². The van der Waals surface area contributed by atoms with Crippen molar-refractivity contribution in [3.63, 3.8) is 0 Å². The third-order valence-electron chi connectivity index (χ3n) is 4.70. The molecule has 27 heavy (non-hydrogen) atoms. The first-order valence-corrected chi connectivity index (χ1v) is 8.75. The molecule has 132 valence electrons. The molecule has 1 aliphatic rings. The maximum absolute atomic E-state index is 12.8. The van der Waals surface area contributed by atoms with Crippen LogP contribution in [-0.4, -0.2) is 10.9 Å². The van der Waals surface area contributed by atoms with E-state index in [-0.39, 0.29) is 17.2 Å². The maximum Gasteiger partial charge on any atom is 0.237 e. The van der Waals surface area contributed by atoms with Crippen LogP contribution in [0.4, 0.5) is 0 Å². The summed E-state index contributed by atoms with van der Waals surface area (Å²) in [6, 6.07) is 19.5. The number of benzene rings is 2. The summed E-state index contributed by atoms with van der Waals surface area (Å²) in [4.78, 5) is 12.8. The monoisotopic (exact) mass is 354 g/mol. The van der Waals surface area contributed by atoms with E-state index in [1.807, 2.05) is 48.5 Å². The van der Waals surface area contributed by atoms with E-state index >= 15 is 0 Å². The first kappa shape index (κ1) is 16.9. The predicted octanol–water partition coefficient (Wildman–Crippen LogP) is 2.99. The number of carbonyl (C=O) groups is 1. The fourth-order valence-corrected chi connectivity index (χ4v) is 3.66. The van der Waals surface area contributed by atoms with Gasteiger partial charge in [0.1, 0.15) is 0 Å². The van der Waals surface area contributed by atoms with Crippen LogP contribution in [0.1, 0.15) is 25.0 Å². The van der Waals surface area contributed by atoms with E-state index < -0.39 is 0 Å². The van der Waals surface area contributed by atoms with E-state index in [9.17, 15) is 9.90 Å². The minimum absolute atomic E-state index is 0.167. The Morgan fingerprint density at radius 3 is 1.85 bits per heavy atom. The van der Waals surface area contributed by atoms with Crippen molar-refractivity contribution in [3.8, 4) is 11.1 Å². The van der Waals surface area contributed by atoms with Crippen LogP contribution in [0.5, 0.6) is 0 Å². The largest absolute Gasteiger partial charge is 0.871 e. The van der Waals surface area contributed by atoms with E-state index in [0.29, 0.717) is 5.57 Å². The first-order valence-electron chi connectivity index (χ1n) is 8.75. The van der Waals surface area contributed by atoms with Crippen LogP contribution < -0.4 is 9.79 Å². The van der Waals surface area contributed by atoms with Crippen LogP contribution in [0.2, 0.25) is 0 Å². The van der Waals surface area contributed by atoms with Crippen LogP contribution in [0.15, 0.2) is 84.4 Å². The Morgan fingerprint density at radius 2 is 1.41 bits per heavy atom. The molecule has 0 spiro atoms. The van der Waals surface area contributed by atoms with Crippen molar-refractivity contribution < 1.29 is 14.6 Å². The zero-order valence-corrected chi connectivity index (χ0v) is 15.1. The summed E-state index contributed by atoms with van der Waals surface area (Å²) in [5.41, 5.74) is 5.51. The van der Waals surface area contributed by atoms with Crippen LogP contribution >= 0.6 is 0 Å². The van der Waals surface area contributed by atoms with Crippen LogP contribution in [0.25, 0.3) is 22.4 Å². The highest BCUT2D eigenvalue weighted by atomic mass is 16.3. The molecule has 0 atom stereocenters. The fraction of sp³-hybridized carbons (Fsp3) is 0.0870. The van der Waals surface area contributed by atoms with Gasteiger partial charge >= 0.3 is 0 Å². The molecule has 4 heteroatoms. The molecule has 0 saturated carbocycles. The molecule has 2 aromatic carbocycles. The minimum Gasteiger partial charge on any atom is -0.871 e. The van der Waals surface area contributed by atoms with Gasteiger partial charge in [-0.1, -0.05) is 59.0 Å². The number of hydrogen-bond acceptors (Lipinski definition) is 3. The lowest BCUT2D eigenvalue weighted by Crippen LogP contribution is -2.40. The van der Waals surface area contributed by atoms with Gasteiger partial charge in [0, 0.05) is 11.6 Å². The summed E-state index contributed by atoms with van der Waals surface area (Å²) in [6.07, 6.45) is 3.29. The van der Waals surface area contributed by atoms with Crippen molar-refractivity contribution in [2.45, 2.75) is 13.8 Å². The Balaban J connectivity index is 2.12. The molecule has 0 N–H and O–H groups in total. The number of Topliss-reactive ketones (excluding diaryl/α,β-unsaturated/α-hetero) is 1. The summed E-state index contributed by atoms with van der Waals surface area (Å²) in [5.74, 6) is -0.377. The Bertz CT molecular complexity index is 1060. The normalized spacial score (nSPS) is 12.9. The number of allylic oxidation sites excluding steroid dienone is 3. The van der Waals surface area contributed by atoms with E-state index in [2.05, 4.69) is 5.10 Å². The van der Waals surface area contributed by atoms with Crippen molar-refractivity contribution >= 4 is 17.1 Å². The summed E-state index contributed by atoms with van der Waals surface area (Å²) >= 11 is 0. The van der Waals surface area contributed by atoms with Gasteiger partial charge in [-0.25, -0.2) is 0 Å². The zero-order chi connectivity index (χ0) is 19.0. The quantitative estimate of drug-likeness (QED) is 0.323. The predicted molar refractivity (Wildman–Crippen MR) is 102 cm³/mol. The number of aromatic nitrogens is 2. The molecule has 4 rings (SSSR count). The van der Waals surface area contributed by atoms with Gasteiger partial charge in [-0.2, -0.15) is 0 Å². The molecule has 4 nitrogen and oxygen atoms in total. The molecule has 0 amide bonds. The third kappa shape index (κ3) is 2.75. The molecule has 0 aliphatic heterocycles. The lowest BCUT2D eigenvalue weighted by Gasteiger charge is -2.14. The second-order valence-corrected chi connectivity index (χ2v) is 6.45. The maximum atomic E-state index is 12.8. The molecule has 1 aromatic heterocycles. The highest BCUT2D eigenvalue weighted by Gasteiger charge is 2.32. The van der Waals surface area contributed by atoms with Gasteiger partial charge in [-0.15, -0.1) is 0 Å². The molecule has 1 aliphatic carbocycles. The average molecular weight is 354 g/mol. The fourth-order valence-electron chi connectivity index (χ4n) is 3.66. The number of carbonyl (C=O) groups excluding carboxylic acids is 1. The van der Waals surface area contributed by atoms with Crippen LogP contribution in [-0.2, 0) is 4.79 Å². The lowest BCUT2D eigenvalue weighted by molar-refractivity contribution is -0.648. The summed E-state index contributed by atoms with van der Waals surface area (Å²) < 4.78 is 1.48.